The Balaban J connectivity index is 2.35. The molecule has 0 atom stereocenters. The molecule has 1 amide bonds. The zero-order valence-corrected chi connectivity index (χ0v) is 11.9. The lowest BCUT2D eigenvalue weighted by atomic mass is 10.2. The summed E-state index contributed by atoms with van der Waals surface area (Å²) in [6.45, 7) is 3.18. The van der Waals surface area contributed by atoms with Crippen molar-refractivity contribution in [2.24, 2.45) is 7.05 Å². The highest BCUT2D eigenvalue weighted by Gasteiger charge is 2.22. The molecule has 0 aliphatic heterocycles. The zero-order valence-electron chi connectivity index (χ0n) is 11.9. The first-order valence-corrected chi connectivity index (χ1v) is 6.34. The number of furan rings is 1. The summed E-state index contributed by atoms with van der Waals surface area (Å²) in [6.07, 6.45) is 1.31. The van der Waals surface area contributed by atoms with Gasteiger partial charge in [-0.2, -0.15) is 0 Å². The molecular weight excluding hydrogens is 278 g/mol. The van der Waals surface area contributed by atoms with Crippen LogP contribution in [0, 0.1) is 6.92 Å². The van der Waals surface area contributed by atoms with Crippen LogP contribution in [0.25, 0.3) is 11.1 Å². The summed E-state index contributed by atoms with van der Waals surface area (Å²) in [5.74, 6) is -0.867. The fraction of sp³-hybridized carbons (Fsp3) is 0.385. The number of rotatable bonds is 4. The van der Waals surface area contributed by atoms with E-state index in [0.29, 0.717) is 0 Å². The van der Waals surface area contributed by atoms with Crippen LogP contribution in [0.1, 0.15) is 23.0 Å². The number of carbonyl (C=O) groups excluding carboxylic acids is 2. The Kier molecular flexibility index (Phi) is 4.06. The van der Waals surface area contributed by atoms with Crippen molar-refractivity contribution in [3.63, 3.8) is 0 Å². The second kappa shape index (κ2) is 5.78. The van der Waals surface area contributed by atoms with E-state index in [2.05, 4.69) is 10.3 Å². The second-order valence-corrected chi connectivity index (χ2v) is 4.36. The van der Waals surface area contributed by atoms with E-state index in [1.807, 2.05) is 0 Å². The van der Waals surface area contributed by atoms with E-state index in [4.69, 9.17) is 9.15 Å². The molecule has 0 saturated carbocycles. The highest BCUT2D eigenvalue weighted by atomic mass is 16.5. The number of carbonyl (C=O) groups is 2. The van der Waals surface area contributed by atoms with E-state index in [0.717, 1.165) is 0 Å². The third kappa shape index (κ3) is 2.78. The number of aryl methyl sites for hydroxylation is 2. The Bertz CT molecular complexity index is 759. The van der Waals surface area contributed by atoms with Crippen LogP contribution in [-0.2, 0) is 16.6 Å². The molecule has 2 aromatic rings. The predicted molar refractivity (Wildman–Crippen MR) is 73.0 cm³/mol. The van der Waals surface area contributed by atoms with E-state index in [-0.39, 0.29) is 35.6 Å². The van der Waals surface area contributed by atoms with Gasteiger partial charge in [0.25, 0.3) is 11.5 Å². The molecule has 1 N–H and O–H groups in total. The maximum absolute atomic E-state index is 12.2. The topological polar surface area (TPSA) is 103 Å². The molecule has 112 valence electrons. The molecule has 0 aromatic carbocycles. The number of hydrogen-bond acceptors (Lipinski definition) is 6. The van der Waals surface area contributed by atoms with E-state index >= 15 is 0 Å². The maximum Gasteiger partial charge on any atom is 0.325 e. The summed E-state index contributed by atoms with van der Waals surface area (Å²) < 4.78 is 11.3. The average Bonchev–Trinajstić information content (AvgIpc) is 2.78. The van der Waals surface area contributed by atoms with Gasteiger partial charge in [0, 0.05) is 7.05 Å². The standard InChI is InChI=1S/C13H15N3O5/c1-4-20-8(17)5-14-11(18)9-7(2)21-12-10(9)13(19)16(3)6-15-12/h6H,4-5H2,1-3H3,(H,14,18). The van der Waals surface area contributed by atoms with Crippen LogP contribution >= 0.6 is 0 Å². The number of esters is 1. The van der Waals surface area contributed by atoms with Crippen LogP contribution in [-0.4, -0.2) is 34.6 Å². The lowest BCUT2D eigenvalue weighted by Crippen LogP contribution is -2.31. The number of amides is 1. The fourth-order valence-electron chi connectivity index (χ4n) is 1.91. The van der Waals surface area contributed by atoms with Gasteiger partial charge in [-0.15, -0.1) is 0 Å². The SMILES string of the molecule is CCOC(=O)CNC(=O)c1c(C)oc2ncn(C)c(=O)c12. The van der Waals surface area contributed by atoms with Crippen molar-refractivity contribution in [1.82, 2.24) is 14.9 Å². The molecule has 8 heteroatoms. The van der Waals surface area contributed by atoms with Crippen LogP contribution in [0.5, 0.6) is 0 Å². The van der Waals surface area contributed by atoms with E-state index < -0.39 is 17.4 Å². The van der Waals surface area contributed by atoms with Crippen molar-refractivity contribution < 1.29 is 18.7 Å². The van der Waals surface area contributed by atoms with Crippen molar-refractivity contribution in [3.8, 4) is 0 Å². The Hall–Kier alpha value is -2.64. The number of fused-ring (bicyclic) bond motifs is 1. The monoisotopic (exact) mass is 293 g/mol. The van der Waals surface area contributed by atoms with Crippen LogP contribution in [0.4, 0.5) is 0 Å². The summed E-state index contributed by atoms with van der Waals surface area (Å²) >= 11 is 0. The van der Waals surface area contributed by atoms with Crippen molar-refractivity contribution in [2.45, 2.75) is 13.8 Å². The molecule has 0 bridgehead atoms. The first-order valence-electron chi connectivity index (χ1n) is 6.34. The minimum absolute atomic E-state index is 0.0861. The normalized spacial score (nSPS) is 10.6. The third-order valence-electron chi connectivity index (χ3n) is 2.87. The molecule has 2 rings (SSSR count). The average molecular weight is 293 g/mol. The largest absolute Gasteiger partial charge is 0.465 e. The number of hydrogen-bond donors (Lipinski definition) is 1. The maximum atomic E-state index is 12.2. The lowest BCUT2D eigenvalue weighted by Gasteiger charge is -2.04. The predicted octanol–water partition coefficient (Wildman–Crippen LogP) is 0.128. The van der Waals surface area contributed by atoms with Crippen molar-refractivity contribution in [3.05, 3.63) is 28.0 Å². The number of nitrogens with one attached hydrogen (secondary N) is 1. The van der Waals surface area contributed by atoms with Crippen LogP contribution < -0.4 is 10.9 Å². The van der Waals surface area contributed by atoms with Crippen molar-refractivity contribution in [1.29, 1.82) is 0 Å². The minimum atomic E-state index is -0.579. The van der Waals surface area contributed by atoms with Gasteiger partial charge in [0.2, 0.25) is 5.71 Å². The second-order valence-electron chi connectivity index (χ2n) is 4.36. The van der Waals surface area contributed by atoms with E-state index in [9.17, 15) is 14.4 Å². The summed E-state index contributed by atoms with van der Waals surface area (Å²) in [5, 5.41) is 2.50. The number of nitrogens with zero attached hydrogens (tertiary/aromatic N) is 2. The van der Waals surface area contributed by atoms with Crippen LogP contribution in [0.15, 0.2) is 15.5 Å². The molecular formula is C13H15N3O5. The smallest absolute Gasteiger partial charge is 0.325 e. The van der Waals surface area contributed by atoms with Crippen molar-refractivity contribution >= 4 is 23.0 Å². The molecule has 0 aliphatic rings. The zero-order chi connectivity index (χ0) is 15.6. The highest BCUT2D eigenvalue weighted by molar-refractivity contribution is 6.06. The highest BCUT2D eigenvalue weighted by Crippen LogP contribution is 2.20. The first-order chi connectivity index (χ1) is 9.95. The van der Waals surface area contributed by atoms with Gasteiger partial charge in [0.15, 0.2) is 0 Å². The molecule has 0 saturated heterocycles. The van der Waals surface area contributed by atoms with Gasteiger partial charge < -0.3 is 19.0 Å². The Morgan fingerprint density at radius 3 is 2.86 bits per heavy atom. The van der Waals surface area contributed by atoms with Crippen LogP contribution in [0.2, 0.25) is 0 Å². The lowest BCUT2D eigenvalue weighted by molar-refractivity contribution is -0.141. The Morgan fingerprint density at radius 2 is 2.19 bits per heavy atom. The fourth-order valence-corrected chi connectivity index (χ4v) is 1.91. The molecule has 0 spiro atoms. The summed E-state index contributed by atoms with van der Waals surface area (Å²) in [4.78, 5) is 39.5. The van der Waals surface area contributed by atoms with Gasteiger partial charge in [-0.25, -0.2) is 4.98 Å². The Labute approximate surface area is 119 Å². The molecule has 0 fully saturated rings. The number of ether oxygens (including phenoxy) is 1. The summed E-state index contributed by atoms with van der Waals surface area (Å²) in [6, 6.07) is 0. The quantitative estimate of drug-likeness (QED) is 0.803. The molecule has 8 nitrogen and oxygen atoms in total. The summed E-state index contributed by atoms with van der Waals surface area (Å²) in [7, 11) is 1.53. The molecule has 2 heterocycles. The summed E-state index contributed by atoms with van der Waals surface area (Å²) in [5.41, 5.74) is -0.210. The van der Waals surface area contributed by atoms with Crippen LogP contribution in [0.3, 0.4) is 0 Å². The van der Waals surface area contributed by atoms with Gasteiger partial charge in [0.05, 0.1) is 12.2 Å². The molecule has 0 radical (unpaired) electrons. The van der Waals surface area contributed by atoms with Gasteiger partial charge >= 0.3 is 5.97 Å². The molecule has 0 unspecified atom stereocenters. The third-order valence-corrected chi connectivity index (χ3v) is 2.87. The van der Waals surface area contributed by atoms with Gasteiger partial charge in [-0.1, -0.05) is 0 Å². The Morgan fingerprint density at radius 1 is 1.48 bits per heavy atom. The molecule has 21 heavy (non-hydrogen) atoms. The van der Waals surface area contributed by atoms with Gasteiger partial charge in [-0.3, -0.25) is 14.4 Å². The first kappa shape index (κ1) is 14.8. The number of aromatic nitrogens is 2. The molecule has 0 aliphatic carbocycles. The van der Waals surface area contributed by atoms with Gasteiger partial charge in [-0.05, 0) is 13.8 Å². The molecule has 2 aromatic heterocycles. The van der Waals surface area contributed by atoms with E-state index in [1.165, 1.54) is 17.9 Å². The minimum Gasteiger partial charge on any atom is -0.465 e. The van der Waals surface area contributed by atoms with E-state index in [1.54, 1.807) is 13.8 Å². The van der Waals surface area contributed by atoms with Crippen molar-refractivity contribution in [2.75, 3.05) is 13.2 Å². The van der Waals surface area contributed by atoms with Gasteiger partial charge in [0.1, 0.15) is 24.0 Å².